The van der Waals surface area contributed by atoms with E-state index in [9.17, 15) is 0 Å². The van der Waals surface area contributed by atoms with E-state index in [0.717, 1.165) is 0 Å². The van der Waals surface area contributed by atoms with E-state index in [4.69, 9.17) is 9.47 Å². The number of rotatable bonds is 16. The lowest BCUT2D eigenvalue weighted by molar-refractivity contribution is -0.142. The molecule has 2 atom stereocenters. The highest BCUT2D eigenvalue weighted by Gasteiger charge is 2.42. The molecule has 2 nitrogen and oxygen atoms in total. The fraction of sp³-hybridized carbons (Fsp3) is 1.00. The zero-order valence-corrected chi connectivity index (χ0v) is 21.1. The summed E-state index contributed by atoms with van der Waals surface area (Å²) < 4.78 is 12.9. The Morgan fingerprint density at radius 3 is 1.15 bits per heavy atom. The molecule has 1 aliphatic heterocycles. The van der Waals surface area contributed by atoms with E-state index >= 15 is 0 Å². The van der Waals surface area contributed by atoms with Crippen molar-refractivity contribution in [2.24, 2.45) is 0 Å². The van der Waals surface area contributed by atoms with Crippen molar-refractivity contribution in [1.82, 2.24) is 0 Å². The largest absolute Gasteiger partial charge is 0.344 e. The first kappa shape index (κ1) is 25.8. The zero-order valence-electron chi connectivity index (χ0n) is 19.3. The van der Waals surface area contributed by atoms with Gasteiger partial charge in [0.15, 0.2) is 5.79 Å². The van der Waals surface area contributed by atoms with E-state index in [2.05, 4.69) is 41.5 Å². The van der Waals surface area contributed by atoms with Crippen molar-refractivity contribution in [2.75, 3.05) is 37.0 Å². The van der Waals surface area contributed by atoms with Crippen LogP contribution in [0.25, 0.3) is 0 Å². The second-order valence-electron chi connectivity index (χ2n) is 8.73. The average molecular weight is 419 g/mol. The maximum atomic E-state index is 6.47. The third kappa shape index (κ3) is 10.9. The maximum Gasteiger partial charge on any atom is 0.163 e. The van der Waals surface area contributed by atoms with E-state index in [1.165, 1.54) is 88.3 Å². The lowest BCUT2D eigenvalue weighted by Crippen LogP contribution is -2.29. The molecule has 0 radical (unpaired) electrons. The first-order chi connectivity index (χ1) is 13.0. The minimum Gasteiger partial charge on any atom is -0.344 e. The van der Waals surface area contributed by atoms with Crippen molar-refractivity contribution in [1.29, 1.82) is 0 Å². The molecule has 1 saturated heterocycles. The van der Waals surface area contributed by atoms with E-state index < -0.39 is 0 Å². The monoisotopic (exact) mass is 418 g/mol. The number of hydrogen-bond acceptors (Lipinski definition) is 2. The van der Waals surface area contributed by atoms with Crippen LogP contribution in [0.3, 0.4) is 0 Å². The molecule has 0 amide bonds. The van der Waals surface area contributed by atoms with Crippen LogP contribution in [-0.4, -0.2) is 55.0 Å². The summed E-state index contributed by atoms with van der Waals surface area (Å²) in [6.45, 7) is 13.5. The zero-order chi connectivity index (χ0) is 20.1. The molecular weight excluding hydrogens is 370 g/mol. The van der Waals surface area contributed by atoms with E-state index in [0.29, 0.717) is 12.2 Å². The predicted molar refractivity (Wildman–Crippen MR) is 126 cm³/mol. The van der Waals surface area contributed by atoms with Gasteiger partial charge in [0.1, 0.15) is 0 Å². The van der Waals surface area contributed by atoms with Crippen molar-refractivity contribution in [2.45, 2.75) is 111 Å². The summed E-state index contributed by atoms with van der Waals surface area (Å²) in [6.07, 6.45) is 19.8. The first-order valence-corrected chi connectivity index (χ1v) is 15.6. The summed E-state index contributed by atoms with van der Waals surface area (Å²) in [4.78, 5) is 0. The van der Waals surface area contributed by atoms with Gasteiger partial charge >= 0.3 is 0 Å². The molecular formula is C23H48O2P2. The highest BCUT2D eigenvalue weighted by Crippen LogP contribution is 2.46. The Balaban J connectivity index is 2.71. The molecule has 0 aromatic carbocycles. The summed E-state index contributed by atoms with van der Waals surface area (Å²) in [5.41, 5.74) is 0. The molecule has 0 aromatic rings. The van der Waals surface area contributed by atoms with Crippen molar-refractivity contribution < 1.29 is 9.47 Å². The number of ether oxygens (including phenoxy) is 2. The quantitative estimate of drug-likeness (QED) is 0.239. The SMILES string of the molecule is CCCCP(CCCC)C[C@@H]1OC(C)(C)O[C@H]1CP(CCCC)CCCC. The van der Waals surface area contributed by atoms with Gasteiger partial charge in [-0.3, -0.25) is 0 Å². The Bertz CT molecular complexity index is 314. The van der Waals surface area contributed by atoms with Crippen LogP contribution in [0.5, 0.6) is 0 Å². The highest BCUT2D eigenvalue weighted by atomic mass is 31.1. The van der Waals surface area contributed by atoms with Gasteiger partial charge in [-0.05, 0) is 76.5 Å². The summed E-state index contributed by atoms with van der Waals surface area (Å²) in [5, 5.41) is 0. The topological polar surface area (TPSA) is 18.5 Å². The molecule has 1 heterocycles. The van der Waals surface area contributed by atoms with Gasteiger partial charge in [0.2, 0.25) is 0 Å². The second-order valence-corrected chi connectivity index (χ2v) is 13.9. The standard InChI is InChI=1S/C23H48O2P2/c1-7-11-15-26(16-12-8-2)19-21-22(25-23(5,6)24-21)20-27(17-13-9-3)18-14-10-4/h21-22H,7-20H2,1-6H3/t21-,22-/m0/s1. The van der Waals surface area contributed by atoms with Gasteiger partial charge in [0.05, 0.1) is 12.2 Å². The summed E-state index contributed by atoms with van der Waals surface area (Å²) in [7, 11) is 0.208. The molecule has 1 rings (SSSR count). The fourth-order valence-corrected chi connectivity index (χ4v) is 9.71. The molecule has 0 saturated carbocycles. The van der Waals surface area contributed by atoms with E-state index in [1.807, 2.05) is 0 Å². The van der Waals surface area contributed by atoms with Crippen molar-refractivity contribution in [3.05, 3.63) is 0 Å². The molecule has 0 N–H and O–H groups in total. The normalized spacial score (nSPS) is 22.2. The molecule has 162 valence electrons. The van der Waals surface area contributed by atoms with Gasteiger partial charge in [0, 0.05) is 0 Å². The molecule has 0 aliphatic carbocycles. The minimum atomic E-state index is -0.387. The van der Waals surface area contributed by atoms with Crippen molar-refractivity contribution in [3.8, 4) is 0 Å². The van der Waals surface area contributed by atoms with Crippen molar-refractivity contribution >= 4 is 15.8 Å². The van der Waals surface area contributed by atoms with Crippen LogP contribution in [0.1, 0.15) is 92.9 Å². The molecule has 0 aromatic heterocycles. The average Bonchev–Trinajstić information content (AvgIpc) is 2.92. The fourth-order valence-electron chi connectivity index (χ4n) is 3.84. The summed E-state index contributed by atoms with van der Waals surface area (Å²) >= 11 is 0. The Hall–Kier alpha value is 0.780. The number of unbranched alkanes of at least 4 members (excludes halogenated alkanes) is 4. The van der Waals surface area contributed by atoms with Crippen LogP contribution in [0.2, 0.25) is 0 Å². The lowest BCUT2D eigenvalue weighted by atomic mass is 10.3. The molecule has 4 heteroatoms. The predicted octanol–water partition coefficient (Wildman–Crippen LogP) is 7.67. The van der Waals surface area contributed by atoms with E-state index in [1.54, 1.807) is 0 Å². The molecule has 1 aliphatic rings. The summed E-state index contributed by atoms with van der Waals surface area (Å²) in [6, 6.07) is 0. The van der Waals surface area contributed by atoms with E-state index in [-0.39, 0.29) is 21.6 Å². The Kier molecular flexibility index (Phi) is 14.1. The Morgan fingerprint density at radius 1 is 0.593 bits per heavy atom. The lowest BCUT2D eigenvalue weighted by Gasteiger charge is -2.27. The first-order valence-electron chi connectivity index (χ1n) is 11.8. The van der Waals surface area contributed by atoms with Gasteiger partial charge in [-0.25, -0.2) is 0 Å². The van der Waals surface area contributed by atoms with Gasteiger partial charge in [-0.1, -0.05) is 53.4 Å². The van der Waals surface area contributed by atoms with Gasteiger partial charge in [-0.2, -0.15) is 0 Å². The van der Waals surface area contributed by atoms with Crippen LogP contribution < -0.4 is 0 Å². The van der Waals surface area contributed by atoms with Crippen LogP contribution in [0.4, 0.5) is 0 Å². The number of hydrogen-bond donors (Lipinski definition) is 0. The third-order valence-electron chi connectivity index (χ3n) is 5.47. The third-order valence-corrected chi connectivity index (χ3v) is 11.0. The molecule has 0 unspecified atom stereocenters. The van der Waals surface area contributed by atoms with Gasteiger partial charge in [0.25, 0.3) is 0 Å². The molecule has 0 bridgehead atoms. The Labute approximate surface area is 173 Å². The Morgan fingerprint density at radius 2 is 0.889 bits per heavy atom. The molecule has 27 heavy (non-hydrogen) atoms. The molecule has 0 spiro atoms. The molecule has 1 fully saturated rings. The van der Waals surface area contributed by atoms with Crippen molar-refractivity contribution in [3.63, 3.8) is 0 Å². The second kappa shape index (κ2) is 14.7. The van der Waals surface area contributed by atoms with Crippen LogP contribution >= 0.6 is 15.8 Å². The van der Waals surface area contributed by atoms with Gasteiger partial charge in [-0.15, -0.1) is 15.8 Å². The van der Waals surface area contributed by atoms with Crippen LogP contribution in [0.15, 0.2) is 0 Å². The highest BCUT2D eigenvalue weighted by molar-refractivity contribution is 7.58. The maximum absolute atomic E-state index is 6.47. The van der Waals surface area contributed by atoms with Crippen LogP contribution in [0, 0.1) is 0 Å². The minimum absolute atomic E-state index is 0.104. The van der Waals surface area contributed by atoms with Gasteiger partial charge < -0.3 is 9.47 Å². The van der Waals surface area contributed by atoms with Crippen LogP contribution in [-0.2, 0) is 9.47 Å². The smallest absolute Gasteiger partial charge is 0.163 e. The summed E-state index contributed by atoms with van der Waals surface area (Å²) in [5.74, 6) is -0.387.